The van der Waals surface area contributed by atoms with Crippen molar-refractivity contribution in [3.8, 4) is 5.95 Å². The molecule has 2 heterocycles. The van der Waals surface area contributed by atoms with Crippen molar-refractivity contribution < 1.29 is 9.13 Å². The van der Waals surface area contributed by atoms with Crippen LogP contribution in [0.5, 0.6) is 0 Å². The molecule has 29 heavy (non-hydrogen) atoms. The van der Waals surface area contributed by atoms with E-state index in [1.165, 1.54) is 12.1 Å². The molecule has 4 rings (SSSR count). The first kappa shape index (κ1) is 18.8. The van der Waals surface area contributed by atoms with E-state index in [1.807, 2.05) is 37.3 Å². The predicted octanol–water partition coefficient (Wildman–Crippen LogP) is 3.60. The molecule has 0 saturated carbocycles. The van der Waals surface area contributed by atoms with Crippen LogP contribution in [-0.2, 0) is 17.9 Å². The van der Waals surface area contributed by atoms with Crippen LogP contribution in [0.15, 0.2) is 48.5 Å². The quantitative estimate of drug-likeness (QED) is 0.521. The monoisotopic (exact) mass is 392 g/mol. The standard InChI is InChI=1S/C21H21FN6O/c1-13-17(12-29-2)26-21(28-18-9-4-3-8-16(18)25-20(28)23)27-19(13)24-11-14-6-5-7-15(22)10-14/h3-10H,11-12H2,1-2H3,(H2,23,25)(H,24,26,27). The lowest BCUT2D eigenvalue weighted by Crippen LogP contribution is -2.13. The number of nitrogens with two attached hydrogens (primary N) is 1. The fourth-order valence-electron chi connectivity index (χ4n) is 3.19. The molecule has 0 bridgehead atoms. The summed E-state index contributed by atoms with van der Waals surface area (Å²) in [4.78, 5) is 13.7. The smallest absolute Gasteiger partial charge is 0.239 e. The van der Waals surface area contributed by atoms with E-state index in [0.717, 1.165) is 27.9 Å². The van der Waals surface area contributed by atoms with Crippen LogP contribution >= 0.6 is 0 Å². The Bertz CT molecular complexity index is 1170. The fraction of sp³-hybridized carbons (Fsp3) is 0.190. The van der Waals surface area contributed by atoms with Gasteiger partial charge in [0, 0.05) is 19.2 Å². The molecule has 3 N–H and O–H groups in total. The molecule has 2 aromatic heterocycles. The third kappa shape index (κ3) is 3.74. The maximum atomic E-state index is 13.5. The second-order valence-corrected chi connectivity index (χ2v) is 6.65. The highest BCUT2D eigenvalue weighted by molar-refractivity contribution is 5.80. The first-order valence-electron chi connectivity index (χ1n) is 9.15. The highest BCUT2D eigenvalue weighted by Gasteiger charge is 2.17. The van der Waals surface area contributed by atoms with E-state index in [4.69, 9.17) is 10.5 Å². The molecule has 7 nitrogen and oxygen atoms in total. The summed E-state index contributed by atoms with van der Waals surface area (Å²) in [5, 5.41) is 3.28. The number of halogens is 1. The summed E-state index contributed by atoms with van der Waals surface area (Å²) in [7, 11) is 1.61. The zero-order valence-corrected chi connectivity index (χ0v) is 16.2. The van der Waals surface area contributed by atoms with Gasteiger partial charge in [0.2, 0.25) is 11.9 Å². The summed E-state index contributed by atoms with van der Waals surface area (Å²) >= 11 is 0. The van der Waals surface area contributed by atoms with E-state index >= 15 is 0 Å². The lowest BCUT2D eigenvalue weighted by Gasteiger charge is -2.15. The fourth-order valence-corrected chi connectivity index (χ4v) is 3.19. The number of nitrogen functional groups attached to an aromatic ring is 1. The van der Waals surface area contributed by atoms with Gasteiger partial charge in [-0.25, -0.2) is 18.9 Å². The van der Waals surface area contributed by atoms with Gasteiger partial charge >= 0.3 is 0 Å². The molecule has 0 radical (unpaired) electrons. The average molecular weight is 392 g/mol. The van der Waals surface area contributed by atoms with Crippen LogP contribution < -0.4 is 11.1 Å². The third-order valence-corrected chi connectivity index (χ3v) is 4.65. The van der Waals surface area contributed by atoms with E-state index < -0.39 is 0 Å². The molecule has 2 aromatic carbocycles. The number of hydrogen-bond acceptors (Lipinski definition) is 6. The Hall–Kier alpha value is -3.52. The number of para-hydroxylation sites is 2. The second kappa shape index (κ2) is 7.84. The molecular formula is C21H21FN6O. The highest BCUT2D eigenvalue weighted by atomic mass is 19.1. The van der Waals surface area contributed by atoms with Crippen LogP contribution in [0.1, 0.15) is 16.8 Å². The van der Waals surface area contributed by atoms with Gasteiger partial charge in [-0.1, -0.05) is 24.3 Å². The highest BCUT2D eigenvalue weighted by Crippen LogP contribution is 2.24. The van der Waals surface area contributed by atoms with Crippen molar-refractivity contribution in [3.63, 3.8) is 0 Å². The lowest BCUT2D eigenvalue weighted by molar-refractivity contribution is 0.181. The van der Waals surface area contributed by atoms with Gasteiger partial charge in [0.15, 0.2) is 0 Å². The van der Waals surface area contributed by atoms with Gasteiger partial charge in [0.25, 0.3) is 0 Å². The number of fused-ring (bicyclic) bond motifs is 1. The number of hydrogen-bond donors (Lipinski definition) is 2. The van der Waals surface area contributed by atoms with Gasteiger partial charge in [0.05, 0.1) is 23.3 Å². The molecule has 0 unspecified atom stereocenters. The first-order chi connectivity index (χ1) is 14.1. The molecule has 4 aromatic rings. The van der Waals surface area contributed by atoms with Gasteiger partial charge in [0.1, 0.15) is 11.6 Å². The van der Waals surface area contributed by atoms with Gasteiger partial charge in [-0.05, 0) is 36.8 Å². The molecule has 0 atom stereocenters. The molecule has 0 aliphatic rings. The maximum Gasteiger partial charge on any atom is 0.239 e. The summed E-state index contributed by atoms with van der Waals surface area (Å²) in [5.74, 6) is 1.05. The van der Waals surface area contributed by atoms with E-state index in [9.17, 15) is 4.39 Å². The number of anilines is 2. The SMILES string of the molecule is COCc1nc(-n2c(N)nc3ccccc32)nc(NCc2cccc(F)c2)c1C. The third-order valence-electron chi connectivity index (χ3n) is 4.65. The number of ether oxygens (including phenoxy) is 1. The van der Waals surface area contributed by atoms with Crippen LogP contribution in [0.25, 0.3) is 17.0 Å². The number of rotatable bonds is 6. The lowest BCUT2D eigenvalue weighted by atomic mass is 10.2. The Kier molecular flexibility index (Phi) is 5.09. The predicted molar refractivity (Wildman–Crippen MR) is 110 cm³/mol. The number of aromatic nitrogens is 4. The molecular weight excluding hydrogens is 371 g/mol. The molecule has 0 fully saturated rings. The van der Waals surface area contributed by atoms with E-state index in [2.05, 4.69) is 20.3 Å². The minimum atomic E-state index is -0.276. The Balaban J connectivity index is 1.77. The summed E-state index contributed by atoms with van der Waals surface area (Å²) < 4.78 is 20.5. The Morgan fingerprint density at radius 2 is 1.93 bits per heavy atom. The summed E-state index contributed by atoms with van der Waals surface area (Å²) in [6.45, 7) is 2.66. The Labute approximate surface area is 167 Å². The number of nitrogens with zero attached hydrogens (tertiary/aromatic N) is 4. The van der Waals surface area contributed by atoms with E-state index in [0.29, 0.717) is 30.9 Å². The molecule has 8 heteroatoms. The van der Waals surface area contributed by atoms with Crippen molar-refractivity contribution in [2.45, 2.75) is 20.1 Å². The summed E-state index contributed by atoms with van der Waals surface area (Å²) in [5.41, 5.74) is 10.1. The van der Waals surface area contributed by atoms with Crippen LogP contribution in [0, 0.1) is 12.7 Å². The molecule has 148 valence electrons. The largest absolute Gasteiger partial charge is 0.378 e. The van der Waals surface area contributed by atoms with Crippen LogP contribution in [0.4, 0.5) is 16.2 Å². The van der Waals surface area contributed by atoms with Crippen molar-refractivity contribution in [1.82, 2.24) is 19.5 Å². The van der Waals surface area contributed by atoms with Crippen molar-refractivity contribution >= 4 is 22.8 Å². The maximum absolute atomic E-state index is 13.5. The minimum absolute atomic E-state index is 0.276. The van der Waals surface area contributed by atoms with Gasteiger partial charge in [-0.3, -0.25) is 0 Å². The Morgan fingerprint density at radius 1 is 1.10 bits per heavy atom. The molecule has 0 saturated heterocycles. The van der Waals surface area contributed by atoms with Crippen LogP contribution in [0.3, 0.4) is 0 Å². The zero-order chi connectivity index (χ0) is 20.4. The molecule has 0 aliphatic carbocycles. The van der Waals surface area contributed by atoms with Crippen molar-refractivity contribution in [2.75, 3.05) is 18.2 Å². The summed E-state index contributed by atoms with van der Waals surface area (Å²) in [6.07, 6.45) is 0. The number of nitrogens with one attached hydrogen (secondary N) is 1. The molecule has 0 spiro atoms. The van der Waals surface area contributed by atoms with E-state index in [1.54, 1.807) is 17.7 Å². The van der Waals surface area contributed by atoms with Gasteiger partial charge < -0.3 is 15.8 Å². The second-order valence-electron chi connectivity index (χ2n) is 6.65. The van der Waals surface area contributed by atoms with Crippen LogP contribution in [0.2, 0.25) is 0 Å². The van der Waals surface area contributed by atoms with Gasteiger partial charge in [-0.15, -0.1) is 0 Å². The van der Waals surface area contributed by atoms with E-state index in [-0.39, 0.29) is 5.82 Å². The van der Waals surface area contributed by atoms with Crippen molar-refractivity contribution in [3.05, 3.63) is 71.2 Å². The number of benzene rings is 2. The van der Waals surface area contributed by atoms with Crippen molar-refractivity contribution in [2.24, 2.45) is 0 Å². The number of methoxy groups -OCH3 is 1. The number of imidazole rings is 1. The molecule has 0 aliphatic heterocycles. The topological polar surface area (TPSA) is 90.9 Å². The minimum Gasteiger partial charge on any atom is -0.378 e. The van der Waals surface area contributed by atoms with Crippen molar-refractivity contribution in [1.29, 1.82) is 0 Å². The Morgan fingerprint density at radius 3 is 2.72 bits per heavy atom. The first-order valence-corrected chi connectivity index (χ1v) is 9.15. The summed E-state index contributed by atoms with van der Waals surface area (Å²) in [6, 6.07) is 14.0. The normalized spacial score (nSPS) is 11.1. The average Bonchev–Trinajstić information content (AvgIpc) is 3.04. The van der Waals surface area contributed by atoms with Crippen LogP contribution in [-0.4, -0.2) is 26.6 Å². The molecule has 0 amide bonds. The van der Waals surface area contributed by atoms with Gasteiger partial charge in [-0.2, -0.15) is 4.98 Å². The zero-order valence-electron chi connectivity index (χ0n) is 16.2.